The maximum absolute atomic E-state index is 9.47. The molecule has 4 nitrogen and oxygen atoms in total. The molecule has 0 aliphatic carbocycles. The van der Waals surface area contributed by atoms with Crippen LogP contribution in [-0.4, -0.2) is 47.2 Å². The number of piperazine rings is 1. The van der Waals surface area contributed by atoms with Gasteiger partial charge in [-0.15, -0.1) is 11.3 Å². The van der Waals surface area contributed by atoms with Gasteiger partial charge in [0.2, 0.25) is 0 Å². The molecule has 1 N–H and O–H groups in total. The van der Waals surface area contributed by atoms with Gasteiger partial charge in [0.1, 0.15) is 11.3 Å². The highest BCUT2D eigenvalue weighted by Gasteiger charge is 2.27. The lowest BCUT2D eigenvalue weighted by Crippen LogP contribution is -2.52. The van der Waals surface area contributed by atoms with Crippen molar-refractivity contribution in [3.05, 3.63) is 58.5 Å². The van der Waals surface area contributed by atoms with Gasteiger partial charge in [-0.1, -0.05) is 24.3 Å². The standard InChI is InChI=1S/C20H24N2O2S/c23-10-7-17-13-21(8-9-22(17)15-19-5-3-11-25-19)14-18-12-16-4-1-2-6-20(16)24-18/h1-6,11-12,17,23H,7-10,13-15H2/t17-/m0/s1. The molecule has 1 aliphatic heterocycles. The molecule has 0 saturated carbocycles. The number of benzene rings is 1. The first-order chi connectivity index (χ1) is 12.3. The first-order valence-corrected chi connectivity index (χ1v) is 9.77. The van der Waals surface area contributed by atoms with Crippen molar-refractivity contribution in [3.8, 4) is 0 Å². The van der Waals surface area contributed by atoms with Crippen LogP contribution in [0.25, 0.3) is 11.0 Å². The maximum atomic E-state index is 9.47. The van der Waals surface area contributed by atoms with Gasteiger partial charge in [0.05, 0.1) is 6.54 Å². The molecule has 1 aliphatic rings. The van der Waals surface area contributed by atoms with Crippen LogP contribution in [0.3, 0.4) is 0 Å². The summed E-state index contributed by atoms with van der Waals surface area (Å²) in [7, 11) is 0. The molecule has 0 spiro atoms. The van der Waals surface area contributed by atoms with Crippen molar-refractivity contribution in [3.63, 3.8) is 0 Å². The van der Waals surface area contributed by atoms with E-state index in [9.17, 15) is 5.11 Å². The average Bonchev–Trinajstić information content (AvgIpc) is 3.26. The molecule has 1 atom stereocenters. The first-order valence-electron chi connectivity index (χ1n) is 8.89. The molecule has 132 valence electrons. The van der Waals surface area contributed by atoms with Crippen LogP contribution < -0.4 is 0 Å². The molecule has 0 amide bonds. The normalized spacial score (nSPS) is 19.6. The van der Waals surface area contributed by atoms with Gasteiger partial charge in [0, 0.05) is 49.1 Å². The molecule has 1 aromatic carbocycles. The van der Waals surface area contributed by atoms with Crippen LogP contribution in [0.5, 0.6) is 0 Å². The van der Waals surface area contributed by atoms with E-state index >= 15 is 0 Å². The summed E-state index contributed by atoms with van der Waals surface area (Å²) >= 11 is 1.81. The van der Waals surface area contributed by atoms with Crippen LogP contribution in [0.4, 0.5) is 0 Å². The molecule has 4 rings (SSSR count). The molecule has 3 heterocycles. The van der Waals surface area contributed by atoms with Crippen molar-refractivity contribution in [2.45, 2.75) is 25.6 Å². The maximum Gasteiger partial charge on any atom is 0.134 e. The smallest absolute Gasteiger partial charge is 0.134 e. The van der Waals surface area contributed by atoms with E-state index in [4.69, 9.17) is 4.42 Å². The minimum absolute atomic E-state index is 0.240. The summed E-state index contributed by atoms with van der Waals surface area (Å²) < 4.78 is 5.98. The molecule has 25 heavy (non-hydrogen) atoms. The molecule has 3 aromatic rings. The highest BCUT2D eigenvalue weighted by atomic mass is 32.1. The van der Waals surface area contributed by atoms with Gasteiger partial charge in [-0.05, 0) is 30.0 Å². The zero-order valence-electron chi connectivity index (χ0n) is 14.3. The number of para-hydroxylation sites is 1. The Balaban J connectivity index is 1.42. The molecule has 5 heteroatoms. The number of aliphatic hydroxyl groups is 1. The lowest BCUT2D eigenvalue weighted by atomic mass is 10.1. The van der Waals surface area contributed by atoms with Crippen molar-refractivity contribution in [2.24, 2.45) is 0 Å². The van der Waals surface area contributed by atoms with Crippen molar-refractivity contribution in [1.82, 2.24) is 9.80 Å². The molecule has 0 unspecified atom stereocenters. The molecule has 1 fully saturated rings. The number of furan rings is 1. The highest BCUT2D eigenvalue weighted by Crippen LogP contribution is 2.23. The second kappa shape index (κ2) is 7.70. The Labute approximate surface area is 152 Å². The van der Waals surface area contributed by atoms with E-state index in [0.717, 1.165) is 50.5 Å². The number of aliphatic hydroxyl groups excluding tert-OH is 1. The minimum Gasteiger partial charge on any atom is -0.460 e. The number of hydrogen-bond acceptors (Lipinski definition) is 5. The third-order valence-electron chi connectivity index (χ3n) is 4.95. The molecule has 1 saturated heterocycles. The fraction of sp³-hybridized carbons (Fsp3) is 0.400. The Bertz CT molecular complexity index is 766. The summed E-state index contributed by atoms with van der Waals surface area (Å²) in [6.07, 6.45) is 0.821. The van der Waals surface area contributed by atoms with Gasteiger partial charge in [-0.3, -0.25) is 9.80 Å². The van der Waals surface area contributed by atoms with E-state index in [1.165, 1.54) is 10.3 Å². The number of rotatable bonds is 6. The van der Waals surface area contributed by atoms with Gasteiger partial charge >= 0.3 is 0 Å². The van der Waals surface area contributed by atoms with E-state index < -0.39 is 0 Å². The molecule has 0 bridgehead atoms. The van der Waals surface area contributed by atoms with Crippen molar-refractivity contribution < 1.29 is 9.52 Å². The average molecular weight is 356 g/mol. The minimum atomic E-state index is 0.240. The van der Waals surface area contributed by atoms with Crippen LogP contribution in [0.1, 0.15) is 17.1 Å². The Kier molecular flexibility index (Phi) is 5.17. The monoisotopic (exact) mass is 356 g/mol. The number of nitrogens with zero attached hydrogens (tertiary/aromatic N) is 2. The van der Waals surface area contributed by atoms with Crippen LogP contribution >= 0.6 is 11.3 Å². The summed E-state index contributed by atoms with van der Waals surface area (Å²) in [4.78, 5) is 6.36. The van der Waals surface area contributed by atoms with E-state index in [0.29, 0.717) is 6.04 Å². The lowest BCUT2D eigenvalue weighted by molar-refractivity contribution is 0.0477. The summed E-state index contributed by atoms with van der Waals surface area (Å²) in [5.74, 6) is 1.02. The Morgan fingerprint density at radius 1 is 1.12 bits per heavy atom. The van der Waals surface area contributed by atoms with E-state index in [-0.39, 0.29) is 6.61 Å². The van der Waals surface area contributed by atoms with E-state index in [1.54, 1.807) is 0 Å². The van der Waals surface area contributed by atoms with Crippen LogP contribution in [0.15, 0.2) is 52.3 Å². The number of hydrogen-bond donors (Lipinski definition) is 1. The van der Waals surface area contributed by atoms with E-state index in [1.807, 2.05) is 29.5 Å². The Morgan fingerprint density at radius 3 is 2.84 bits per heavy atom. The van der Waals surface area contributed by atoms with Gasteiger partial charge < -0.3 is 9.52 Å². The fourth-order valence-electron chi connectivity index (χ4n) is 3.67. The SMILES string of the molecule is OCC[C@H]1CN(Cc2cc3ccccc3o2)CCN1Cc1cccs1. The predicted octanol–water partition coefficient (Wildman–Crippen LogP) is 3.56. The third-order valence-corrected chi connectivity index (χ3v) is 5.81. The van der Waals surface area contributed by atoms with Crippen molar-refractivity contribution >= 4 is 22.3 Å². The molecular weight excluding hydrogens is 332 g/mol. The van der Waals surface area contributed by atoms with Crippen LogP contribution in [-0.2, 0) is 13.1 Å². The lowest BCUT2D eigenvalue weighted by Gasteiger charge is -2.41. The third kappa shape index (κ3) is 3.96. The number of thiophene rings is 1. The summed E-state index contributed by atoms with van der Waals surface area (Å²) in [6, 6.07) is 15.0. The van der Waals surface area contributed by atoms with Gasteiger partial charge in [0.15, 0.2) is 0 Å². The molecule has 2 aromatic heterocycles. The van der Waals surface area contributed by atoms with E-state index in [2.05, 4.69) is 39.4 Å². The first kappa shape index (κ1) is 16.8. The quantitative estimate of drug-likeness (QED) is 0.733. The topological polar surface area (TPSA) is 39.9 Å². The molecular formula is C20H24N2O2S. The van der Waals surface area contributed by atoms with Crippen molar-refractivity contribution in [1.29, 1.82) is 0 Å². The van der Waals surface area contributed by atoms with Crippen LogP contribution in [0.2, 0.25) is 0 Å². The second-order valence-electron chi connectivity index (χ2n) is 6.70. The second-order valence-corrected chi connectivity index (χ2v) is 7.73. The summed E-state index contributed by atoms with van der Waals surface area (Å²) in [6.45, 7) is 5.10. The Hall–Kier alpha value is -1.66. The zero-order valence-corrected chi connectivity index (χ0v) is 15.1. The summed E-state index contributed by atoms with van der Waals surface area (Å²) in [5, 5.41) is 12.8. The van der Waals surface area contributed by atoms with Crippen LogP contribution in [0, 0.1) is 0 Å². The fourth-order valence-corrected chi connectivity index (χ4v) is 4.40. The number of fused-ring (bicyclic) bond motifs is 1. The van der Waals surface area contributed by atoms with Gasteiger partial charge in [0.25, 0.3) is 0 Å². The van der Waals surface area contributed by atoms with Gasteiger partial charge in [-0.25, -0.2) is 0 Å². The van der Waals surface area contributed by atoms with Gasteiger partial charge in [-0.2, -0.15) is 0 Å². The molecule has 0 radical (unpaired) electrons. The summed E-state index contributed by atoms with van der Waals surface area (Å²) in [5.41, 5.74) is 0.959. The largest absolute Gasteiger partial charge is 0.460 e. The predicted molar refractivity (Wildman–Crippen MR) is 102 cm³/mol. The van der Waals surface area contributed by atoms with Crippen molar-refractivity contribution in [2.75, 3.05) is 26.2 Å². The zero-order chi connectivity index (χ0) is 17.1. The highest BCUT2D eigenvalue weighted by molar-refractivity contribution is 7.09. The Morgan fingerprint density at radius 2 is 2.04 bits per heavy atom.